The van der Waals surface area contributed by atoms with E-state index in [-0.39, 0.29) is 6.61 Å². The van der Waals surface area contributed by atoms with Crippen molar-refractivity contribution in [2.75, 3.05) is 6.61 Å². The first-order valence-electron chi connectivity index (χ1n) is 5.58. The largest absolute Gasteiger partial charge is 0.491 e. The average Bonchev–Trinajstić information content (AvgIpc) is 2.27. The lowest BCUT2D eigenvalue weighted by Gasteiger charge is -2.21. The second-order valence-electron chi connectivity index (χ2n) is 4.38. The van der Waals surface area contributed by atoms with E-state index in [0.717, 1.165) is 5.56 Å². The smallest absolute Gasteiger partial charge is 0.119 e. The van der Waals surface area contributed by atoms with Crippen LogP contribution in [0.1, 0.15) is 38.9 Å². The predicted octanol–water partition coefficient (Wildman–Crippen LogP) is 2.28. The number of aliphatic hydroxyl groups is 2. The van der Waals surface area contributed by atoms with Gasteiger partial charge in [-0.25, -0.2) is 0 Å². The zero-order valence-electron chi connectivity index (χ0n) is 10.1. The summed E-state index contributed by atoms with van der Waals surface area (Å²) in [4.78, 5) is 0. The lowest BCUT2D eigenvalue weighted by molar-refractivity contribution is 0.00845. The molecule has 0 aliphatic carbocycles. The molecule has 0 aliphatic heterocycles. The predicted molar refractivity (Wildman–Crippen MR) is 63.5 cm³/mol. The maximum absolute atomic E-state index is 9.76. The Hall–Kier alpha value is -1.06. The highest BCUT2D eigenvalue weighted by atomic mass is 16.5. The molecule has 0 saturated carbocycles. The van der Waals surface area contributed by atoms with E-state index in [1.807, 2.05) is 19.1 Å². The van der Waals surface area contributed by atoms with E-state index < -0.39 is 11.7 Å². The van der Waals surface area contributed by atoms with Gasteiger partial charge in [0.05, 0.1) is 11.7 Å². The molecule has 0 bridgehead atoms. The third-order valence-corrected chi connectivity index (χ3v) is 2.67. The number of ether oxygens (including phenoxy) is 1. The lowest BCUT2D eigenvalue weighted by atomic mass is 10.1. The maximum Gasteiger partial charge on any atom is 0.119 e. The molecule has 0 fully saturated rings. The van der Waals surface area contributed by atoms with Gasteiger partial charge in [-0.3, -0.25) is 0 Å². The van der Waals surface area contributed by atoms with E-state index in [0.29, 0.717) is 12.2 Å². The fourth-order valence-corrected chi connectivity index (χ4v) is 1.18. The molecule has 0 saturated heterocycles. The summed E-state index contributed by atoms with van der Waals surface area (Å²) in [5.74, 6) is 0.707. The van der Waals surface area contributed by atoms with Crippen molar-refractivity contribution < 1.29 is 14.9 Å². The molecule has 2 atom stereocenters. The van der Waals surface area contributed by atoms with Gasteiger partial charge in [0.25, 0.3) is 0 Å². The average molecular weight is 224 g/mol. The van der Waals surface area contributed by atoms with Gasteiger partial charge in [0, 0.05) is 0 Å². The van der Waals surface area contributed by atoms with Crippen molar-refractivity contribution in [1.82, 2.24) is 0 Å². The molecule has 2 N–H and O–H groups in total. The van der Waals surface area contributed by atoms with E-state index in [9.17, 15) is 10.2 Å². The third-order valence-electron chi connectivity index (χ3n) is 2.67. The molecular weight excluding hydrogens is 204 g/mol. The molecule has 3 heteroatoms. The molecule has 16 heavy (non-hydrogen) atoms. The van der Waals surface area contributed by atoms with Crippen LogP contribution in [0.15, 0.2) is 24.3 Å². The zero-order valence-corrected chi connectivity index (χ0v) is 10.1. The Morgan fingerprint density at radius 1 is 1.31 bits per heavy atom. The molecule has 0 aromatic heterocycles. The lowest BCUT2D eigenvalue weighted by Crippen LogP contribution is -2.31. The molecule has 90 valence electrons. The molecule has 2 unspecified atom stereocenters. The Labute approximate surface area is 96.7 Å². The Balaban J connectivity index is 2.56. The first kappa shape index (κ1) is 13.0. The SMILES string of the molecule is CCC(C)(O)COc1ccc(C(C)O)cc1. The molecule has 0 radical (unpaired) electrons. The number of hydrogen-bond acceptors (Lipinski definition) is 3. The summed E-state index contributed by atoms with van der Waals surface area (Å²) in [7, 11) is 0. The minimum absolute atomic E-state index is 0.275. The monoisotopic (exact) mass is 224 g/mol. The van der Waals surface area contributed by atoms with E-state index in [1.54, 1.807) is 26.0 Å². The number of rotatable bonds is 5. The van der Waals surface area contributed by atoms with Crippen molar-refractivity contribution in [1.29, 1.82) is 0 Å². The van der Waals surface area contributed by atoms with E-state index >= 15 is 0 Å². The molecular formula is C13H20O3. The summed E-state index contributed by atoms with van der Waals surface area (Å²) in [5.41, 5.74) is 0.0674. The van der Waals surface area contributed by atoms with Crippen molar-refractivity contribution in [2.24, 2.45) is 0 Å². The van der Waals surface area contributed by atoms with Gasteiger partial charge in [-0.1, -0.05) is 19.1 Å². The van der Waals surface area contributed by atoms with E-state index in [1.165, 1.54) is 0 Å². The second-order valence-corrected chi connectivity index (χ2v) is 4.38. The van der Waals surface area contributed by atoms with Crippen LogP contribution in [0.4, 0.5) is 0 Å². The Morgan fingerprint density at radius 2 is 1.88 bits per heavy atom. The molecule has 0 spiro atoms. The van der Waals surface area contributed by atoms with Crippen LogP contribution >= 0.6 is 0 Å². The maximum atomic E-state index is 9.76. The topological polar surface area (TPSA) is 49.7 Å². The number of hydrogen-bond donors (Lipinski definition) is 2. The highest BCUT2D eigenvalue weighted by molar-refractivity contribution is 5.28. The van der Waals surface area contributed by atoms with Gasteiger partial charge in [-0.05, 0) is 38.0 Å². The first-order chi connectivity index (χ1) is 7.44. The van der Waals surface area contributed by atoms with Gasteiger partial charge in [-0.15, -0.1) is 0 Å². The van der Waals surface area contributed by atoms with Crippen molar-refractivity contribution in [3.05, 3.63) is 29.8 Å². The van der Waals surface area contributed by atoms with Crippen molar-refractivity contribution in [2.45, 2.75) is 38.9 Å². The summed E-state index contributed by atoms with van der Waals surface area (Å²) >= 11 is 0. The molecule has 1 rings (SSSR count). The Morgan fingerprint density at radius 3 is 2.31 bits per heavy atom. The quantitative estimate of drug-likeness (QED) is 0.806. The minimum atomic E-state index is -0.789. The van der Waals surface area contributed by atoms with Crippen molar-refractivity contribution in [3.63, 3.8) is 0 Å². The van der Waals surface area contributed by atoms with Crippen LogP contribution in [0.25, 0.3) is 0 Å². The molecule has 0 aliphatic rings. The standard InChI is InChI=1S/C13H20O3/c1-4-13(3,15)9-16-12-7-5-11(6-8-12)10(2)14/h5-8,10,14-15H,4,9H2,1-3H3. The molecule has 0 amide bonds. The number of benzene rings is 1. The first-order valence-corrected chi connectivity index (χ1v) is 5.58. The summed E-state index contributed by atoms with van der Waals surface area (Å²) in [6.45, 7) is 5.66. The number of aliphatic hydroxyl groups excluding tert-OH is 1. The summed E-state index contributed by atoms with van der Waals surface area (Å²) in [6, 6.07) is 7.24. The Bertz CT molecular complexity index is 314. The molecule has 1 aromatic rings. The van der Waals surface area contributed by atoms with E-state index in [4.69, 9.17) is 4.74 Å². The summed E-state index contributed by atoms with van der Waals surface area (Å²) in [6.07, 6.45) is 0.187. The third kappa shape index (κ3) is 3.83. The van der Waals surface area contributed by atoms with Crippen molar-refractivity contribution in [3.8, 4) is 5.75 Å². The fraction of sp³-hybridized carbons (Fsp3) is 0.538. The molecule has 3 nitrogen and oxygen atoms in total. The van der Waals surface area contributed by atoms with Gasteiger partial charge in [-0.2, -0.15) is 0 Å². The van der Waals surface area contributed by atoms with Crippen molar-refractivity contribution >= 4 is 0 Å². The van der Waals surface area contributed by atoms with Crippen LogP contribution in [0.2, 0.25) is 0 Å². The molecule has 0 heterocycles. The van der Waals surface area contributed by atoms with Gasteiger partial charge in [0.2, 0.25) is 0 Å². The van der Waals surface area contributed by atoms with Crippen LogP contribution in [-0.2, 0) is 0 Å². The highest BCUT2D eigenvalue weighted by Gasteiger charge is 2.18. The van der Waals surface area contributed by atoms with Gasteiger partial charge in [0.15, 0.2) is 0 Å². The zero-order chi connectivity index (χ0) is 12.2. The van der Waals surface area contributed by atoms with E-state index in [2.05, 4.69) is 0 Å². The summed E-state index contributed by atoms with van der Waals surface area (Å²) < 4.78 is 5.46. The minimum Gasteiger partial charge on any atom is -0.491 e. The van der Waals surface area contributed by atoms with Crippen LogP contribution < -0.4 is 4.74 Å². The van der Waals surface area contributed by atoms with Crippen LogP contribution in [0.3, 0.4) is 0 Å². The second kappa shape index (κ2) is 5.32. The fourth-order valence-electron chi connectivity index (χ4n) is 1.18. The van der Waals surface area contributed by atoms with Crippen LogP contribution in [-0.4, -0.2) is 22.4 Å². The summed E-state index contributed by atoms with van der Waals surface area (Å²) in [5, 5.41) is 19.1. The highest BCUT2D eigenvalue weighted by Crippen LogP contribution is 2.19. The van der Waals surface area contributed by atoms with Gasteiger partial charge >= 0.3 is 0 Å². The Kier molecular flexibility index (Phi) is 4.33. The van der Waals surface area contributed by atoms with Crippen LogP contribution in [0, 0.1) is 0 Å². The normalized spacial score (nSPS) is 16.6. The van der Waals surface area contributed by atoms with Gasteiger partial charge in [0.1, 0.15) is 12.4 Å². The van der Waals surface area contributed by atoms with Gasteiger partial charge < -0.3 is 14.9 Å². The molecule has 1 aromatic carbocycles. The van der Waals surface area contributed by atoms with Crippen LogP contribution in [0.5, 0.6) is 5.75 Å².